The smallest absolute Gasteiger partial charge is 0.134 e. The van der Waals surface area contributed by atoms with Crippen molar-refractivity contribution < 1.29 is 4.42 Å². The van der Waals surface area contributed by atoms with E-state index >= 15 is 0 Å². The topological polar surface area (TPSA) is 25.2 Å². The molecule has 2 aromatic rings. The van der Waals surface area contributed by atoms with E-state index in [1.165, 1.54) is 16.5 Å². The van der Waals surface area contributed by atoms with Gasteiger partial charge in [0, 0.05) is 10.9 Å². The van der Waals surface area contributed by atoms with E-state index < -0.39 is 0 Å². The van der Waals surface area contributed by atoms with Gasteiger partial charge in [0.05, 0.1) is 6.54 Å². The van der Waals surface area contributed by atoms with Gasteiger partial charge in [0.2, 0.25) is 0 Å². The molecular formula is C16H23NO. The van der Waals surface area contributed by atoms with Gasteiger partial charge >= 0.3 is 0 Å². The minimum Gasteiger partial charge on any atom is -0.459 e. The van der Waals surface area contributed by atoms with Crippen LogP contribution < -0.4 is 5.32 Å². The summed E-state index contributed by atoms with van der Waals surface area (Å²) in [5.41, 5.74) is 3.76. The van der Waals surface area contributed by atoms with Crippen molar-refractivity contribution in [1.29, 1.82) is 0 Å². The van der Waals surface area contributed by atoms with Crippen LogP contribution in [-0.4, -0.2) is 6.54 Å². The molecule has 0 aliphatic carbocycles. The van der Waals surface area contributed by atoms with Crippen LogP contribution in [0.2, 0.25) is 0 Å². The van der Waals surface area contributed by atoms with Crippen molar-refractivity contribution in [3.05, 3.63) is 35.1 Å². The first-order valence-electron chi connectivity index (χ1n) is 6.92. The highest BCUT2D eigenvalue weighted by molar-refractivity contribution is 5.83. The summed E-state index contributed by atoms with van der Waals surface area (Å²) < 4.78 is 5.96. The first kappa shape index (κ1) is 13.2. The Balaban J connectivity index is 2.48. The molecule has 0 spiro atoms. The Kier molecular flexibility index (Phi) is 4.07. The predicted octanol–water partition coefficient (Wildman–Crippen LogP) is 4.23. The zero-order valence-corrected chi connectivity index (χ0v) is 11.8. The summed E-state index contributed by atoms with van der Waals surface area (Å²) in [5.74, 6) is 1.65. The van der Waals surface area contributed by atoms with Gasteiger partial charge in [0.1, 0.15) is 11.3 Å². The van der Waals surface area contributed by atoms with E-state index in [-0.39, 0.29) is 0 Å². The Morgan fingerprint density at radius 1 is 1.22 bits per heavy atom. The number of nitrogens with one attached hydrogen (secondary N) is 1. The van der Waals surface area contributed by atoms with Crippen molar-refractivity contribution in [2.24, 2.45) is 0 Å². The van der Waals surface area contributed by atoms with Crippen LogP contribution >= 0.6 is 0 Å². The molecule has 1 heterocycles. The van der Waals surface area contributed by atoms with Crippen LogP contribution in [0, 0.1) is 0 Å². The Morgan fingerprint density at radius 2 is 2.00 bits per heavy atom. The van der Waals surface area contributed by atoms with E-state index in [1.54, 1.807) is 0 Å². The zero-order chi connectivity index (χ0) is 13.1. The van der Waals surface area contributed by atoms with E-state index in [9.17, 15) is 0 Å². The van der Waals surface area contributed by atoms with Crippen molar-refractivity contribution in [2.75, 3.05) is 6.54 Å². The number of rotatable bonds is 5. The number of fused-ring (bicyclic) bond motifs is 1. The maximum absolute atomic E-state index is 5.96. The van der Waals surface area contributed by atoms with E-state index in [0.29, 0.717) is 5.92 Å². The van der Waals surface area contributed by atoms with E-state index in [0.717, 1.165) is 30.9 Å². The fourth-order valence-electron chi connectivity index (χ4n) is 2.35. The van der Waals surface area contributed by atoms with E-state index in [1.807, 2.05) is 0 Å². The summed E-state index contributed by atoms with van der Waals surface area (Å²) >= 11 is 0. The molecule has 1 aromatic heterocycles. The molecule has 0 aliphatic heterocycles. The second-order valence-corrected chi connectivity index (χ2v) is 5.05. The third-order valence-electron chi connectivity index (χ3n) is 3.45. The summed E-state index contributed by atoms with van der Waals surface area (Å²) in [6, 6.07) is 6.57. The van der Waals surface area contributed by atoms with E-state index in [2.05, 4.69) is 51.2 Å². The molecule has 18 heavy (non-hydrogen) atoms. The van der Waals surface area contributed by atoms with Crippen molar-refractivity contribution >= 4 is 11.0 Å². The Bertz CT molecular complexity index is 525. The molecular weight excluding hydrogens is 222 g/mol. The van der Waals surface area contributed by atoms with Gasteiger partial charge in [0.15, 0.2) is 0 Å². The lowest BCUT2D eigenvalue weighted by Gasteiger charge is -2.05. The van der Waals surface area contributed by atoms with Gasteiger partial charge in [-0.1, -0.05) is 33.8 Å². The van der Waals surface area contributed by atoms with Crippen LogP contribution in [0.15, 0.2) is 22.6 Å². The fraction of sp³-hybridized carbons (Fsp3) is 0.500. The van der Waals surface area contributed by atoms with Gasteiger partial charge in [0.25, 0.3) is 0 Å². The van der Waals surface area contributed by atoms with Gasteiger partial charge in [-0.25, -0.2) is 0 Å². The second-order valence-electron chi connectivity index (χ2n) is 5.05. The highest BCUT2D eigenvalue weighted by Gasteiger charge is 2.13. The Hall–Kier alpha value is -1.28. The number of benzene rings is 1. The van der Waals surface area contributed by atoms with Crippen LogP contribution in [0.1, 0.15) is 50.5 Å². The monoisotopic (exact) mass is 245 g/mol. The molecule has 0 radical (unpaired) electrons. The molecule has 0 atom stereocenters. The first-order valence-corrected chi connectivity index (χ1v) is 6.92. The molecule has 0 amide bonds. The molecule has 2 rings (SSSR count). The quantitative estimate of drug-likeness (QED) is 0.852. The summed E-state index contributed by atoms with van der Waals surface area (Å²) in [7, 11) is 0. The molecule has 2 nitrogen and oxygen atoms in total. The Labute approximate surface area is 109 Å². The number of hydrogen-bond donors (Lipinski definition) is 1. The molecule has 0 unspecified atom stereocenters. The molecule has 0 aliphatic rings. The van der Waals surface area contributed by atoms with Gasteiger partial charge in [-0.05, 0) is 36.6 Å². The largest absolute Gasteiger partial charge is 0.459 e. The van der Waals surface area contributed by atoms with Gasteiger partial charge < -0.3 is 9.73 Å². The summed E-state index contributed by atoms with van der Waals surface area (Å²) in [6.07, 6.45) is 1.02. The zero-order valence-electron chi connectivity index (χ0n) is 11.8. The molecule has 1 aromatic carbocycles. The van der Waals surface area contributed by atoms with Crippen molar-refractivity contribution in [3.8, 4) is 0 Å². The molecule has 0 bridgehead atoms. The third-order valence-corrected chi connectivity index (χ3v) is 3.45. The van der Waals surface area contributed by atoms with Gasteiger partial charge in [-0.2, -0.15) is 0 Å². The Morgan fingerprint density at radius 3 is 2.61 bits per heavy atom. The lowest BCUT2D eigenvalue weighted by atomic mass is 9.99. The lowest BCUT2D eigenvalue weighted by Crippen LogP contribution is -2.12. The SMILES string of the molecule is CCNCc1oc2ccc(C(C)C)cc2c1CC. The standard InChI is InChI=1S/C16H23NO/c1-5-13-14-9-12(11(3)4)7-8-15(14)18-16(13)10-17-6-2/h7-9,11,17H,5-6,10H2,1-4H3. The minimum absolute atomic E-state index is 0.561. The molecule has 0 saturated carbocycles. The van der Waals surface area contributed by atoms with Crippen molar-refractivity contribution in [3.63, 3.8) is 0 Å². The number of furan rings is 1. The molecule has 0 fully saturated rings. The van der Waals surface area contributed by atoms with Crippen LogP contribution in [0.25, 0.3) is 11.0 Å². The summed E-state index contributed by atoms with van der Waals surface area (Å²) in [6.45, 7) is 10.6. The minimum atomic E-state index is 0.561. The molecule has 1 N–H and O–H groups in total. The highest BCUT2D eigenvalue weighted by Crippen LogP contribution is 2.29. The molecule has 0 saturated heterocycles. The van der Waals surface area contributed by atoms with E-state index in [4.69, 9.17) is 4.42 Å². The van der Waals surface area contributed by atoms with Crippen LogP contribution in [0.5, 0.6) is 0 Å². The lowest BCUT2D eigenvalue weighted by molar-refractivity contribution is 0.514. The van der Waals surface area contributed by atoms with Crippen LogP contribution in [0.4, 0.5) is 0 Å². The normalized spacial score (nSPS) is 11.6. The first-order chi connectivity index (χ1) is 8.67. The average molecular weight is 245 g/mol. The maximum atomic E-state index is 5.96. The number of hydrogen-bond acceptors (Lipinski definition) is 2. The molecule has 98 valence electrons. The van der Waals surface area contributed by atoms with Gasteiger partial charge in [-0.3, -0.25) is 0 Å². The second kappa shape index (κ2) is 5.57. The molecule has 2 heteroatoms. The van der Waals surface area contributed by atoms with Crippen molar-refractivity contribution in [2.45, 2.75) is 46.6 Å². The third kappa shape index (κ3) is 2.44. The van der Waals surface area contributed by atoms with Gasteiger partial charge in [-0.15, -0.1) is 0 Å². The summed E-state index contributed by atoms with van der Waals surface area (Å²) in [5, 5.41) is 4.63. The maximum Gasteiger partial charge on any atom is 0.134 e. The van der Waals surface area contributed by atoms with Crippen LogP contribution in [0.3, 0.4) is 0 Å². The summed E-state index contributed by atoms with van der Waals surface area (Å²) in [4.78, 5) is 0. The highest BCUT2D eigenvalue weighted by atomic mass is 16.3. The average Bonchev–Trinajstić information content (AvgIpc) is 2.72. The number of aryl methyl sites for hydroxylation is 1. The van der Waals surface area contributed by atoms with Crippen LogP contribution in [-0.2, 0) is 13.0 Å². The predicted molar refractivity (Wildman–Crippen MR) is 77.1 cm³/mol. The fourth-order valence-corrected chi connectivity index (χ4v) is 2.35. The van der Waals surface area contributed by atoms with Crippen molar-refractivity contribution in [1.82, 2.24) is 5.32 Å².